The molecule has 5 nitrogen and oxygen atoms in total. The van der Waals surface area contributed by atoms with E-state index in [0.717, 1.165) is 17.7 Å². The van der Waals surface area contributed by atoms with Crippen LogP contribution < -0.4 is 5.32 Å². The highest BCUT2D eigenvalue weighted by atomic mass is 16.4. The summed E-state index contributed by atoms with van der Waals surface area (Å²) in [5.74, 6) is -0.987. The number of hydrogen-bond acceptors (Lipinski definition) is 4. The van der Waals surface area contributed by atoms with Gasteiger partial charge in [-0.15, -0.1) is 0 Å². The maximum atomic E-state index is 10.9. The molecule has 0 bridgehead atoms. The molecule has 0 unspecified atom stereocenters. The van der Waals surface area contributed by atoms with Crippen LogP contribution in [0.5, 0.6) is 0 Å². The molecule has 2 aromatic carbocycles. The van der Waals surface area contributed by atoms with E-state index in [4.69, 9.17) is 9.52 Å². The van der Waals surface area contributed by atoms with Crippen LogP contribution in [0.15, 0.2) is 46.9 Å². The lowest BCUT2D eigenvalue weighted by molar-refractivity contribution is 0.0697. The number of aromatic nitrogens is 1. The number of aromatic carboxylic acids is 1. The third-order valence-corrected chi connectivity index (χ3v) is 3.28. The molecule has 1 heterocycles. The Balaban J connectivity index is 1.96. The molecule has 3 aromatic rings. The van der Waals surface area contributed by atoms with E-state index in [1.54, 1.807) is 6.07 Å². The summed E-state index contributed by atoms with van der Waals surface area (Å²) in [6, 6.07) is 12.9. The number of carboxylic acids is 1. The molecule has 1 aromatic heterocycles. The van der Waals surface area contributed by atoms with Crippen molar-refractivity contribution in [1.29, 1.82) is 0 Å². The minimum atomic E-state index is -0.987. The van der Waals surface area contributed by atoms with E-state index in [1.807, 2.05) is 24.3 Å². The Morgan fingerprint density at radius 3 is 2.86 bits per heavy atom. The Kier molecular flexibility index (Phi) is 3.31. The zero-order valence-corrected chi connectivity index (χ0v) is 11.5. The Morgan fingerprint density at radius 2 is 2.10 bits per heavy atom. The summed E-state index contributed by atoms with van der Waals surface area (Å²) in [5, 5.41) is 12.1. The van der Waals surface area contributed by atoms with Gasteiger partial charge in [0, 0.05) is 5.69 Å². The second-order valence-electron chi connectivity index (χ2n) is 4.64. The molecule has 5 heteroatoms. The van der Waals surface area contributed by atoms with Crippen LogP contribution in [0.4, 0.5) is 11.7 Å². The molecule has 0 saturated carbocycles. The molecule has 21 heavy (non-hydrogen) atoms. The van der Waals surface area contributed by atoms with Crippen molar-refractivity contribution < 1.29 is 14.3 Å². The summed E-state index contributed by atoms with van der Waals surface area (Å²) in [6.45, 7) is 2.08. The van der Waals surface area contributed by atoms with Crippen molar-refractivity contribution in [2.45, 2.75) is 13.3 Å². The molecule has 0 spiro atoms. The molecule has 0 atom stereocenters. The Hall–Kier alpha value is -2.82. The molecule has 0 amide bonds. The smallest absolute Gasteiger partial charge is 0.335 e. The zero-order valence-electron chi connectivity index (χ0n) is 11.5. The molecular formula is C16H14N2O3. The highest BCUT2D eigenvalue weighted by Crippen LogP contribution is 2.25. The van der Waals surface area contributed by atoms with Crippen LogP contribution in [0.3, 0.4) is 0 Å². The minimum absolute atomic E-state index is 0.180. The fraction of sp³-hybridized carbons (Fsp3) is 0.125. The van der Waals surface area contributed by atoms with Crippen molar-refractivity contribution in [2.24, 2.45) is 0 Å². The first-order valence-electron chi connectivity index (χ1n) is 6.66. The lowest BCUT2D eigenvalue weighted by Crippen LogP contribution is -1.94. The van der Waals surface area contributed by atoms with Gasteiger partial charge in [0.2, 0.25) is 0 Å². The van der Waals surface area contributed by atoms with Gasteiger partial charge in [0.15, 0.2) is 5.58 Å². The predicted octanol–water partition coefficient (Wildman–Crippen LogP) is 3.83. The normalized spacial score (nSPS) is 10.7. The van der Waals surface area contributed by atoms with Crippen LogP contribution in [0, 0.1) is 0 Å². The lowest BCUT2D eigenvalue weighted by Gasteiger charge is -2.06. The minimum Gasteiger partial charge on any atom is -0.478 e. The van der Waals surface area contributed by atoms with E-state index >= 15 is 0 Å². The molecule has 0 radical (unpaired) electrons. The maximum absolute atomic E-state index is 10.9. The van der Waals surface area contributed by atoms with Crippen LogP contribution in [0.2, 0.25) is 0 Å². The van der Waals surface area contributed by atoms with Gasteiger partial charge >= 0.3 is 5.97 Å². The van der Waals surface area contributed by atoms with Gasteiger partial charge in [0.05, 0.1) is 5.56 Å². The number of benzene rings is 2. The third kappa shape index (κ3) is 2.58. The number of hydrogen-bond donors (Lipinski definition) is 2. The van der Waals surface area contributed by atoms with Crippen LogP contribution in [0.25, 0.3) is 11.1 Å². The van der Waals surface area contributed by atoms with Crippen LogP contribution >= 0.6 is 0 Å². The van der Waals surface area contributed by atoms with Crippen molar-refractivity contribution >= 4 is 28.8 Å². The van der Waals surface area contributed by atoms with E-state index < -0.39 is 5.97 Å². The second kappa shape index (κ2) is 5.28. The number of carbonyl (C=O) groups is 1. The van der Waals surface area contributed by atoms with E-state index in [0.29, 0.717) is 17.1 Å². The van der Waals surface area contributed by atoms with Crippen molar-refractivity contribution in [3.63, 3.8) is 0 Å². The molecule has 0 saturated heterocycles. The number of para-hydroxylation sites is 1. The Morgan fingerprint density at radius 1 is 1.29 bits per heavy atom. The van der Waals surface area contributed by atoms with Crippen LogP contribution in [-0.2, 0) is 6.42 Å². The summed E-state index contributed by atoms with van der Waals surface area (Å²) in [4.78, 5) is 15.3. The highest BCUT2D eigenvalue weighted by molar-refractivity contribution is 5.92. The number of oxazole rings is 1. The average molecular weight is 282 g/mol. The van der Waals surface area contributed by atoms with E-state index in [1.165, 1.54) is 12.1 Å². The monoisotopic (exact) mass is 282 g/mol. The number of anilines is 2. The molecule has 2 N–H and O–H groups in total. The molecule has 106 valence electrons. The van der Waals surface area contributed by atoms with E-state index in [9.17, 15) is 4.79 Å². The quantitative estimate of drug-likeness (QED) is 0.760. The van der Waals surface area contributed by atoms with Gasteiger partial charge in [-0.2, -0.15) is 4.98 Å². The predicted molar refractivity (Wildman–Crippen MR) is 80.1 cm³/mol. The SMILES string of the molecule is CCc1ccccc1Nc1nc2ccc(C(=O)O)cc2o1. The number of nitrogens with one attached hydrogen (secondary N) is 1. The number of aryl methyl sites for hydroxylation is 1. The van der Waals surface area contributed by atoms with E-state index in [-0.39, 0.29) is 5.56 Å². The van der Waals surface area contributed by atoms with E-state index in [2.05, 4.69) is 17.2 Å². The third-order valence-electron chi connectivity index (χ3n) is 3.28. The van der Waals surface area contributed by atoms with Crippen molar-refractivity contribution in [1.82, 2.24) is 4.98 Å². The van der Waals surface area contributed by atoms with Gasteiger partial charge < -0.3 is 14.8 Å². The highest BCUT2D eigenvalue weighted by Gasteiger charge is 2.10. The zero-order chi connectivity index (χ0) is 14.8. The molecule has 3 rings (SSSR count). The summed E-state index contributed by atoms with van der Waals surface area (Å²) < 4.78 is 5.58. The number of nitrogens with zero attached hydrogens (tertiary/aromatic N) is 1. The first-order chi connectivity index (χ1) is 10.2. The Bertz CT molecular complexity index is 808. The first-order valence-corrected chi connectivity index (χ1v) is 6.66. The topological polar surface area (TPSA) is 75.4 Å². The van der Waals surface area contributed by atoms with Crippen molar-refractivity contribution in [3.8, 4) is 0 Å². The summed E-state index contributed by atoms with van der Waals surface area (Å²) in [7, 11) is 0. The molecular weight excluding hydrogens is 268 g/mol. The number of fused-ring (bicyclic) bond motifs is 1. The van der Waals surface area contributed by atoms with Crippen molar-refractivity contribution in [3.05, 3.63) is 53.6 Å². The average Bonchev–Trinajstić information content (AvgIpc) is 2.89. The maximum Gasteiger partial charge on any atom is 0.335 e. The molecule has 0 aliphatic heterocycles. The molecule has 0 aliphatic rings. The van der Waals surface area contributed by atoms with Gasteiger partial charge in [-0.25, -0.2) is 4.79 Å². The largest absolute Gasteiger partial charge is 0.478 e. The molecule has 0 aliphatic carbocycles. The standard InChI is InChI=1S/C16H14N2O3/c1-2-10-5-3-4-6-12(10)17-16-18-13-8-7-11(15(19)20)9-14(13)21-16/h3-9H,2H2,1H3,(H,17,18)(H,19,20). The Labute approximate surface area is 121 Å². The van der Waals surface area contributed by atoms with Gasteiger partial charge in [-0.3, -0.25) is 0 Å². The van der Waals surface area contributed by atoms with Crippen LogP contribution in [-0.4, -0.2) is 16.1 Å². The second-order valence-corrected chi connectivity index (χ2v) is 4.64. The lowest BCUT2D eigenvalue weighted by atomic mass is 10.1. The number of carboxylic acid groups (broad SMARTS) is 1. The number of rotatable bonds is 4. The van der Waals surface area contributed by atoms with Crippen LogP contribution in [0.1, 0.15) is 22.8 Å². The van der Waals surface area contributed by atoms with Gasteiger partial charge in [-0.05, 0) is 36.2 Å². The summed E-state index contributed by atoms with van der Waals surface area (Å²) in [5.41, 5.74) is 3.35. The van der Waals surface area contributed by atoms with Gasteiger partial charge in [0.25, 0.3) is 6.01 Å². The summed E-state index contributed by atoms with van der Waals surface area (Å²) in [6.07, 6.45) is 0.895. The summed E-state index contributed by atoms with van der Waals surface area (Å²) >= 11 is 0. The fourth-order valence-corrected chi connectivity index (χ4v) is 2.18. The fourth-order valence-electron chi connectivity index (χ4n) is 2.18. The van der Waals surface area contributed by atoms with Gasteiger partial charge in [-0.1, -0.05) is 25.1 Å². The molecule has 0 fully saturated rings. The first kappa shape index (κ1) is 13.2. The van der Waals surface area contributed by atoms with Gasteiger partial charge in [0.1, 0.15) is 5.52 Å². The van der Waals surface area contributed by atoms with Crippen molar-refractivity contribution in [2.75, 3.05) is 5.32 Å².